The van der Waals surface area contributed by atoms with Crippen LogP contribution in [-0.2, 0) is 21.2 Å². The number of nitrogens with two attached hydrogens (primary N) is 1. The van der Waals surface area contributed by atoms with Gasteiger partial charge in [-0.1, -0.05) is 20.8 Å². The third kappa shape index (κ3) is 3.76. The van der Waals surface area contributed by atoms with Crippen molar-refractivity contribution in [3.8, 4) is 0 Å². The average Bonchev–Trinajstić information content (AvgIpc) is 2.43. The number of hydrogen-bond donors (Lipinski definition) is 2. The zero-order valence-corrected chi connectivity index (χ0v) is 11.4. The Balaban J connectivity index is 3.27. The molecule has 0 aliphatic carbocycles. The van der Waals surface area contributed by atoms with Crippen molar-refractivity contribution < 1.29 is 18.3 Å². The molecule has 0 spiro atoms. The van der Waals surface area contributed by atoms with Gasteiger partial charge in [0.25, 0.3) is 0 Å². The van der Waals surface area contributed by atoms with Gasteiger partial charge in [0.2, 0.25) is 10.0 Å². The molecule has 1 aromatic rings. The van der Waals surface area contributed by atoms with Crippen LogP contribution in [0.15, 0.2) is 0 Å². The van der Waals surface area contributed by atoms with E-state index in [4.69, 9.17) is 10.2 Å². The predicted octanol–water partition coefficient (Wildman–Crippen LogP) is 0.927. The van der Waals surface area contributed by atoms with Crippen molar-refractivity contribution in [2.45, 2.75) is 31.9 Å². The van der Waals surface area contributed by atoms with Crippen LogP contribution in [0.25, 0.3) is 0 Å². The standard InChI is InChI=1S/C9H14N2O4S2/c1-9(2,3)7-6(8(12)13)16-5(11-7)4-17(10,14)15/h4H2,1-3H3,(H,12,13)(H2,10,14,15). The summed E-state index contributed by atoms with van der Waals surface area (Å²) in [6.07, 6.45) is 0. The summed E-state index contributed by atoms with van der Waals surface area (Å²) in [7, 11) is -3.70. The van der Waals surface area contributed by atoms with E-state index in [1.165, 1.54) is 0 Å². The largest absolute Gasteiger partial charge is 0.477 e. The van der Waals surface area contributed by atoms with Crippen LogP contribution in [0.5, 0.6) is 0 Å². The van der Waals surface area contributed by atoms with Gasteiger partial charge in [-0.15, -0.1) is 11.3 Å². The van der Waals surface area contributed by atoms with Crippen molar-refractivity contribution in [3.05, 3.63) is 15.6 Å². The molecule has 1 rings (SSSR count). The smallest absolute Gasteiger partial charge is 0.347 e. The molecule has 96 valence electrons. The van der Waals surface area contributed by atoms with Gasteiger partial charge in [-0.25, -0.2) is 23.3 Å². The van der Waals surface area contributed by atoms with Crippen molar-refractivity contribution in [2.75, 3.05) is 0 Å². The number of carboxylic acids is 1. The topological polar surface area (TPSA) is 110 Å². The Hall–Kier alpha value is -0.990. The van der Waals surface area contributed by atoms with E-state index >= 15 is 0 Å². The molecular weight excluding hydrogens is 264 g/mol. The van der Waals surface area contributed by atoms with Crippen LogP contribution in [0.4, 0.5) is 0 Å². The molecular formula is C9H14N2O4S2. The maximum atomic E-state index is 11.0. The number of sulfonamides is 1. The zero-order valence-electron chi connectivity index (χ0n) is 9.72. The van der Waals surface area contributed by atoms with Crippen LogP contribution in [0, 0.1) is 0 Å². The number of carbonyl (C=O) groups is 1. The Labute approximate surface area is 104 Å². The van der Waals surface area contributed by atoms with Crippen LogP contribution >= 0.6 is 11.3 Å². The fourth-order valence-electron chi connectivity index (χ4n) is 1.25. The molecule has 0 aliphatic heterocycles. The summed E-state index contributed by atoms with van der Waals surface area (Å²) in [5, 5.41) is 14.1. The normalized spacial score (nSPS) is 12.7. The lowest BCUT2D eigenvalue weighted by atomic mass is 9.91. The van der Waals surface area contributed by atoms with E-state index in [2.05, 4.69) is 4.98 Å². The summed E-state index contributed by atoms with van der Waals surface area (Å²) >= 11 is 0.852. The summed E-state index contributed by atoms with van der Waals surface area (Å²) in [5.74, 6) is -1.54. The highest BCUT2D eigenvalue weighted by molar-refractivity contribution is 7.88. The van der Waals surface area contributed by atoms with Crippen LogP contribution in [-0.4, -0.2) is 24.5 Å². The molecule has 0 saturated heterocycles. The predicted molar refractivity (Wildman–Crippen MR) is 64.6 cm³/mol. The highest BCUT2D eigenvalue weighted by Crippen LogP contribution is 2.30. The van der Waals surface area contributed by atoms with E-state index in [9.17, 15) is 13.2 Å². The van der Waals surface area contributed by atoms with Gasteiger partial charge >= 0.3 is 5.97 Å². The fraction of sp³-hybridized carbons (Fsp3) is 0.556. The lowest BCUT2D eigenvalue weighted by Gasteiger charge is -2.15. The minimum atomic E-state index is -3.70. The average molecular weight is 278 g/mol. The summed E-state index contributed by atoms with van der Waals surface area (Å²) in [5.41, 5.74) is -0.0745. The molecule has 17 heavy (non-hydrogen) atoms. The quantitative estimate of drug-likeness (QED) is 0.854. The highest BCUT2D eigenvalue weighted by atomic mass is 32.2. The highest BCUT2D eigenvalue weighted by Gasteiger charge is 2.27. The molecule has 0 bridgehead atoms. The van der Waals surface area contributed by atoms with Gasteiger partial charge < -0.3 is 5.11 Å². The molecule has 3 N–H and O–H groups in total. The number of aromatic nitrogens is 1. The molecule has 0 saturated carbocycles. The second-order valence-electron chi connectivity index (χ2n) is 4.65. The number of aromatic carboxylic acids is 1. The van der Waals surface area contributed by atoms with Gasteiger partial charge in [-0.2, -0.15) is 0 Å². The first-order chi connectivity index (χ1) is 7.50. The third-order valence-electron chi connectivity index (χ3n) is 1.90. The summed E-state index contributed by atoms with van der Waals surface area (Å²) in [6, 6.07) is 0. The van der Waals surface area contributed by atoms with E-state index in [1.807, 2.05) is 20.8 Å². The Morgan fingerprint density at radius 2 is 2.00 bits per heavy atom. The van der Waals surface area contributed by atoms with Gasteiger partial charge in [0.1, 0.15) is 15.6 Å². The van der Waals surface area contributed by atoms with Crippen molar-refractivity contribution in [1.29, 1.82) is 0 Å². The van der Waals surface area contributed by atoms with Crippen LogP contribution in [0.3, 0.4) is 0 Å². The van der Waals surface area contributed by atoms with E-state index in [0.29, 0.717) is 5.69 Å². The maximum absolute atomic E-state index is 11.0. The number of rotatable bonds is 3. The summed E-state index contributed by atoms with van der Waals surface area (Å²) < 4.78 is 21.9. The van der Waals surface area contributed by atoms with E-state index in [0.717, 1.165) is 11.3 Å². The van der Waals surface area contributed by atoms with Gasteiger partial charge in [0.15, 0.2) is 0 Å². The molecule has 1 heterocycles. The Bertz CT molecular complexity index is 540. The van der Waals surface area contributed by atoms with Crippen LogP contribution in [0.1, 0.15) is 41.1 Å². The molecule has 8 heteroatoms. The molecule has 0 aromatic carbocycles. The lowest BCUT2D eigenvalue weighted by Crippen LogP contribution is -2.17. The molecule has 0 radical (unpaired) electrons. The van der Waals surface area contributed by atoms with Crippen molar-refractivity contribution >= 4 is 27.3 Å². The molecule has 0 unspecified atom stereocenters. The minimum absolute atomic E-state index is 0.0659. The van der Waals surface area contributed by atoms with Gasteiger partial charge in [-0.05, 0) is 0 Å². The van der Waals surface area contributed by atoms with Gasteiger partial charge in [0, 0.05) is 5.41 Å². The number of hydrogen-bond acceptors (Lipinski definition) is 5. The van der Waals surface area contributed by atoms with E-state index < -0.39 is 27.2 Å². The monoisotopic (exact) mass is 278 g/mol. The molecule has 0 atom stereocenters. The van der Waals surface area contributed by atoms with Crippen molar-refractivity contribution in [3.63, 3.8) is 0 Å². The van der Waals surface area contributed by atoms with E-state index in [-0.39, 0.29) is 9.88 Å². The Kier molecular flexibility index (Phi) is 3.60. The number of primary sulfonamides is 1. The molecule has 1 aromatic heterocycles. The first kappa shape index (κ1) is 14.1. The number of nitrogens with zero attached hydrogens (tertiary/aromatic N) is 1. The third-order valence-corrected chi connectivity index (χ3v) is 3.80. The Morgan fingerprint density at radius 1 is 1.47 bits per heavy atom. The number of thiazole rings is 1. The molecule has 0 aliphatic rings. The van der Waals surface area contributed by atoms with Gasteiger partial charge in [-0.3, -0.25) is 0 Å². The first-order valence-electron chi connectivity index (χ1n) is 4.74. The van der Waals surface area contributed by atoms with E-state index in [1.54, 1.807) is 0 Å². The second kappa shape index (κ2) is 4.35. The van der Waals surface area contributed by atoms with Crippen molar-refractivity contribution in [1.82, 2.24) is 4.98 Å². The fourth-order valence-corrected chi connectivity index (χ4v) is 3.30. The summed E-state index contributed by atoms with van der Waals surface area (Å²) in [4.78, 5) is 15.2. The van der Waals surface area contributed by atoms with Crippen molar-refractivity contribution in [2.24, 2.45) is 5.14 Å². The first-order valence-corrected chi connectivity index (χ1v) is 7.28. The molecule has 0 amide bonds. The SMILES string of the molecule is CC(C)(C)c1nc(CS(N)(=O)=O)sc1C(=O)O. The molecule has 6 nitrogen and oxygen atoms in total. The number of carboxylic acid groups (broad SMARTS) is 1. The van der Waals surface area contributed by atoms with Crippen LogP contribution in [0.2, 0.25) is 0 Å². The maximum Gasteiger partial charge on any atom is 0.347 e. The van der Waals surface area contributed by atoms with Crippen LogP contribution < -0.4 is 5.14 Å². The lowest BCUT2D eigenvalue weighted by molar-refractivity contribution is 0.0699. The minimum Gasteiger partial charge on any atom is -0.477 e. The zero-order chi connectivity index (χ0) is 13.4. The molecule has 0 fully saturated rings. The second-order valence-corrected chi connectivity index (χ2v) is 7.35. The van der Waals surface area contributed by atoms with Gasteiger partial charge in [0.05, 0.1) is 5.69 Å². The Morgan fingerprint density at radius 3 is 2.29 bits per heavy atom. The summed E-state index contributed by atoms with van der Waals surface area (Å²) in [6.45, 7) is 5.44.